The Hall–Kier alpha value is -4.07. The van der Waals surface area contributed by atoms with Crippen molar-refractivity contribution in [2.45, 2.75) is 44.3 Å². The number of aromatic nitrogens is 2. The molecule has 0 aliphatic carbocycles. The van der Waals surface area contributed by atoms with Gasteiger partial charge in [0.2, 0.25) is 11.7 Å². The Morgan fingerprint density at radius 1 is 1.05 bits per heavy atom. The minimum absolute atomic E-state index is 0.0320. The van der Waals surface area contributed by atoms with Gasteiger partial charge in [-0.25, -0.2) is 13.8 Å². The van der Waals surface area contributed by atoms with E-state index in [1.165, 1.54) is 5.56 Å². The standard InChI is InChI=1S/C29H30F2N4O4/c30-25(31)16-32-28(38)24(26-27(37)29(39)34-18-33-26)15-21-7-3-19(4-8-21)1-2-20-5-9-22(10-6-20)17-35-13-11-23(36)12-14-35/h3-10,18,23-25,36-37H,11-17H2,(H,32,38)(H,33,34,39). The first-order chi connectivity index (χ1) is 18.8. The summed E-state index contributed by atoms with van der Waals surface area (Å²) in [6.45, 7) is 1.77. The molecule has 1 aliphatic heterocycles. The van der Waals surface area contributed by atoms with Crippen LogP contribution in [0.4, 0.5) is 8.78 Å². The van der Waals surface area contributed by atoms with Gasteiger partial charge in [-0.1, -0.05) is 36.1 Å². The van der Waals surface area contributed by atoms with Crippen molar-refractivity contribution in [3.8, 4) is 17.6 Å². The fourth-order valence-corrected chi connectivity index (χ4v) is 4.41. The molecule has 204 valence electrons. The van der Waals surface area contributed by atoms with Crippen LogP contribution in [0.3, 0.4) is 0 Å². The van der Waals surface area contributed by atoms with E-state index in [-0.39, 0.29) is 18.2 Å². The molecule has 1 aromatic heterocycles. The highest BCUT2D eigenvalue weighted by Crippen LogP contribution is 2.25. The van der Waals surface area contributed by atoms with Crippen molar-refractivity contribution in [1.29, 1.82) is 0 Å². The number of carbonyl (C=O) groups is 1. The second-order valence-electron chi connectivity index (χ2n) is 9.51. The quantitative estimate of drug-likeness (QED) is 0.329. The van der Waals surface area contributed by atoms with Gasteiger partial charge in [0.15, 0.2) is 0 Å². The Kier molecular flexibility index (Phi) is 9.41. The first-order valence-electron chi connectivity index (χ1n) is 12.7. The molecule has 4 rings (SSSR count). The average Bonchev–Trinajstić information content (AvgIpc) is 2.93. The van der Waals surface area contributed by atoms with Crippen molar-refractivity contribution >= 4 is 5.91 Å². The summed E-state index contributed by atoms with van der Waals surface area (Å²) in [4.78, 5) is 32.9. The molecule has 2 aromatic carbocycles. The monoisotopic (exact) mass is 536 g/mol. The number of hydrogen-bond acceptors (Lipinski definition) is 6. The maximum atomic E-state index is 12.6. The number of aromatic hydroxyl groups is 1. The van der Waals surface area contributed by atoms with Gasteiger partial charge in [0.05, 0.1) is 24.9 Å². The van der Waals surface area contributed by atoms with E-state index < -0.39 is 36.1 Å². The van der Waals surface area contributed by atoms with E-state index in [4.69, 9.17) is 0 Å². The third-order valence-electron chi connectivity index (χ3n) is 6.60. The SMILES string of the molecule is O=C(NCC(F)F)C(Cc1ccc(C#Cc2ccc(CN3CCC(O)CC3)cc2)cc1)c1nc[nH]c(=O)c1O. The Balaban J connectivity index is 1.41. The Labute approximate surface area is 224 Å². The molecule has 8 nitrogen and oxygen atoms in total. The molecule has 1 fully saturated rings. The summed E-state index contributed by atoms with van der Waals surface area (Å²) < 4.78 is 25.3. The van der Waals surface area contributed by atoms with E-state index in [0.717, 1.165) is 49.9 Å². The zero-order valence-corrected chi connectivity index (χ0v) is 21.2. The largest absolute Gasteiger partial charge is 0.502 e. The maximum absolute atomic E-state index is 12.6. The number of aromatic amines is 1. The number of nitrogens with one attached hydrogen (secondary N) is 2. The summed E-state index contributed by atoms with van der Waals surface area (Å²) in [5.74, 6) is 3.60. The zero-order chi connectivity index (χ0) is 27.8. The predicted molar refractivity (Wildman–Crippen MR) is 141 cm³/mol. The molecular weight excluding hydrogens is 506 g/mol. The van der Waals surface area contributed by atoms with Gasteiger partial charge in [-0.2, -0.15) is 0 Å². The van der Waals surface area contributed by atoms with Gasteiger partial charge in [0.25, 0.3) is 12.0 Å². The molecule has 4 N–H and O–H groups in total. The molecule has 1 amide bonds. The third-order valence-corrected chi connectivity index (χ3v) is 6.60. The summed E-state index contributed by atoms with van der Waals surface area (Å²) in [7, 11) is 0. The number of alkyl halides is 2. The molecule has 0 radical (unpaired) electrons. The number of rotatable bonds is 8. The summed E-state index contributed by atoms with van der Waals surface area (Å²) in [5, 5.41) is 21.9. The number of halogens is 2. The van der Waals surface area contributed by atoms with Crippen LogP contribution in [0.25, 0.3) is 0 Å². The highest BCUT2D eigenvalue weighted by atomic mass is 19.3. The zero-order valence-electron chi connectivity index (χ0n) is 21.2. The number of aliphatic hydroxyl groups excluding tert-OH is 1. The summed E-state index contributed by atoms with van der Waals surface area (Å²) in [6.07, 6.45) is -0.235. The van der Waals surface area contributed by atoms with E-state index in [1.807, 2.05) is 12.1 Å². The van der Waals surface area contributed by atoms with E-state index in [2.05, 4.69) is 44.2 Å². The number of aliphatic hydroxyl groups is 1. The number of hydrogen-bond donors (Lipinski definition) is 4. The Morgan fingerprint density at radius 3 is 2.23 bits per heavy atom. The van der Waals surface area contributed by atoms with Gasteiger partial charge >= 0.3 is 0 Å². The topological polar surface area (TPSA) is 119 Å². The van der Waals surface area contributed by atoms with Crippen molar-refractivity contribution in [2.24, 2.45) is 0 Å². The van der Waals surface area contributed by atoms with Crippen molar-refractivity contribution in [2.75, 3.05) is 19.6 Å². The average molecular weight is 537 g/mol. The number of likely N-dealkylation sites (tertiary alicyclic amines) is 1. The molecule has 3 aromatic rings. The van der Waals surface area contributed by atoms with Crippen LogP contribution in [-0.2, 0) is 17.8 Å². The summed E-state index contributed by atoms with van der Waals surface area (Å²) >= 11 is 0. The lowest BCUT2D eigenvalue weighted by Gasteiger charge is -2.29. The number of H-pyrrole nitrogens is 1. The molecule has 10 heteroatoms. The minimum Gasteiger partial charge on any atom is -0.502 e. The third kappa shape index (κ3) is 7.96. The van der Waals surface area contributed by atoms with Crippen LogP contribution in [-0.4, -0.2) is 63.2 Å². The Morgan fingerprint density at radius 2 is 1.64 bits per heavy atom. The van der Waals surface area contributed by atoms with Gasteiger partial charge in [-0.15, -0.1) is 0 Å². The van der Waals surface area contributed by atoms with E-state index >= 15 is 0 Å². The Bertz CT molecular complexity index is 1370. The smallest absolute Gasteiger partial charge is 0.293 e. The number of benzene rings is 2. The van der Waals surface area contributed by atoms with Gasteiger partial charge in [0, 0.05) is 30.8 Å². The van der Waals surface area contributed by atoms with E-state index in [1.54, 1.807) is 24.3 Å². The van der Waals surface area contributed by atoms with Crippen molar-refractivity contribution in [1.82, 2.24) is 20.2 Å². The normalized spacial score (nSPS) is 15.0. The van der Waals surface area contributed by atoms with Gasteiger partial charge < -0.3 is 20.5 Å². The van der Waals surface area contributed by atoms with Gasteiger partial charge in [-0.05, 0) is 54.7 Å². The number of piperidine rings is 1. The van der Waals surface area contributed by atoms with Crippen LogP contribution in [0.15, 0.2) is 59.7 Å². The second-order valence-corrected chi connectivity index (χ2v) is 9.51. The first kappa shape index (κ1) is 28.0. The van der Waals surface area contributed by atoms with Crippen LogP contribution >= 0.6 is 0 Å². The minimum atomic E-state index is -2.74. The van der Waals surface area contributed by atoms with E-state index in [0.29, 0.717) is 5.56 Å². The molecule has 0 saturated carbocycles. The lowest BCUT2D eigenvalue weighted by atomic mass is 9.94. The number of amides is 1. The van der Waals surface area contributed by atoms with Crippen LogP contribution in [0.1, 0.15) is 46.7 Å². The fourth-order valence-electron chi connectivity index (χ4n) is 4.41. The molecule has 2 heterocycles. The molecule has 39 heavy (non-hydrogen) atoms. The highest BCUT2D eigenvalue weighted by Gasteiger charge is 2.27. The molecule has 0 spiro atoms. The summed E-state index contributed by atoms with van der Waals surface area (Å²) in [6, 6.07) is 15.1. The fraction of sp³-hybridized carbons (Fsp3) is 0.345. The van der Waals surface area contributed by atoms with Crippen molar-refractivity contribution < 1.29 is 23.8 Å². The molecule has 0 bridgehead atoms. The number of nitrogens with zero attached hydrogens (tertiary/aromatic N) is 2. The second kappa shape index (κ2) is 13.1. The van der Waals surface area contributed by atoms with Crippen LogP contribution in [0, 0.1) is 11.8 Å². The molecule has 1 unspecified atom stereocenters. The predicted octanol–water partition coefficient (Wildman–Crippen LogP) is 2.54. The van der Waals surface area contributed by atoms with Gasteiger partial charge in [0.1, 0.15) is 5.69 Å². The molecular formula is C29H30F2N4O4. The van der Waals surface area contributed by atoms with E-state index in [9.17, 15) is 28.6 Å². The van der Waals surface area contributed by atoms with Crippen molar-refractivity contribution in [3.05, 3.63) is 93.2 Å². The van der Waals surface area contributed by atoms with Crippen LogP contribution in [0.2, 0.25) is 0 Å². The maximum Gasteiger partial charge on any atom is 0.293 e. The summed E-state index contributed by atoms with van der Waals surface area (Å²) in [5.41, 5.74) is 2.46. The molecule has 1 saturated heterocycles. The highest BCUT2D eigenvalue weighted by molar-refractivity contribution is 5.84. The van der Waals surface area contributed by atoms with Gasteiger partial charge in [-0.3, -0.25) is 14.5 Å². The van der Waals surface area contributed by atoms with Crippen LogP contribution in [0.5, 0.6) is 5.75 Å². The van der Waals surface area contributed by atoms with Crippen molar-refractivity contribution in [3.63, 3.8) is 0 Å². The molecule has 1 atom stereocenters. The first-order valence-corrected chi connectivity index (χ1v) is 12.7. The molecule has 1 aliphatic rings. The number of carbonyl (C=O) groups excluding carboxylic acids is 1. The lowest BCUT2D eigenvalue weighted by Crippen LogP contribution is -2.35. The lowest BCUT2D eigenvalue weighted by molar-refractivity contribution is -0.123. The van der Waals surface area contributed by atoms with Crippen LogP contribution < -0.4 is 10.9 Å².